The lowest BCUT2D eigenvalue weighted by molar-refractivity contribution is -0.730. The van der Waals surface area contributed by atoms with Gasteiger partial charge in [0.05, 0.1) is 17.7 Å². The van der Waals surface area contributed by atoms with E-state index < -0.39 is 47.0 Å². The first kappa shape index (κ1) is 17.8. The third-order valence-electron chi connectivity index (χ3n) is 5.50. The quantitative estimate of drug-likeness (QED) is 0.633. The minimum Gasteiger partial charge on any atom is -0.464 e. The summed E-state index contributed by atoms with van der Waals surface area (Å²) >= 11 is 1.45. The predicted octanol–water partition coefficient (Wildman–Crippen LogP) is 1.24. The maximum atomic E-state index is 14.3. The van der Waals surface area contributed by atoms with E-state index in [1.807, 2.05) is 17.5 Å². The average Bonchev–Trinajstić information content (AvgIpc) is 3.34. The number of nitrogens with zero attached hydrogens (tertiary/aromatic N) is 1. The van der Waals surface area contributed by atoms with Crippen molar-refractivity contribution in [2.75, 3.05) is 12.0 Å². The normalized spacial score (nSPS) is 29.9. The summed E-state index contributed by atoms with van der Waals surface area (Å²) in [6.07, 6.45) is 0. The standard InChI is InChI=1S/C19H17FN2O4S/c1-19(18(25)26-2)14-13(15(21-19)12-8-5-9-27-12)16(23)22(17(14)24)11-7-4-3-6-10(11)20/h3-9,13-15,21H,1-2H3/p+1/t13-,14-,15-,19-/m0/s1. The molecule has 0 spiro atoms. The second kappa shape index (κ2) is 6.24. The first-order valence-electron chi connectivity index (χ1n) is 8.50. The Kier molecular flexibility index (Phi) is 4.12. The molecule has 0 unspecified atom stereocenters. The molecule has 2 fully saturated rings. The number of methoxy groups -OCH3 is 1. The highest BCUT2D eigenvalue weighted by Gasteiger charge is 2.71. The minimum atomic E-state index is -1.26. The van der Waals surface area contributed by atoms with Crippen molar-refractivity contribution in [3.05, 3.63) is 52.5 Å². The third kappa shape index (κ3) is 2.44. The van der Waals surface area contributed by atoms with Crippen molar-refractivity contribution in [2.24, 2.45) is 11.8 Å². The Morgan fingerprint density at radius 3 is 2.59 bits per heavy atom. The smallest absolute Gasteiger partial charge is 0.368 e. The van der Waals surface area contributed by atoms with Crippen molar-refractivity contribution in [1.29, 1.82) is 0 Å². The predicted molar refractivity (Wildman–Crippen MR) is 95.3 cm³/mol. The maximum absolute atomic E-state index is 14.3. The fraction of sp³-hybridized carbons (Fsp3) is 0.316. The number of anilines is 1. The number of ether oxygens (including phenoxy) is 1. The van der Waals surface area contributed by atoms with E-state index in [0.717, 1.165) is 9.78 Å². The van der Waals surface area contributed by atoms with Crippen LogP contribution in [-0.4, -0.2) is 30.4 Å². The number of hydrogen-bond acceptors (Lipinski definition) is 5. The molecular weight excluding hydrogens is 371 g/mol. The number of amides is 2. The second-order valence-corrected chi connectivity index (χ2v) is 7.93. The van der Waals surface area contributed by atoms with E-state index >= 15 is 0 Å². The summed E-state index contributed by atoms with van der Waals surface area (Å²) in [5, 5.41) is 3.62. The number of halogens is 1. The van der Waals surface area contributed by atoms with Crippen molar-refractivity contribution < 1.29 is 28.8 Å². The average molecular weight is 389 g/mol. The highest BCUT2D eigenvalue weighted by atomic mass is 32.1. The van der Waals surface area contributed by atoms with Crippen molar-refractivity contribution in [2.45, 2.75) is 18.5 Å². The number of thiophene rings is 1. The number of benzene rings is 1. The molecule has 2 aliphatic rings. The van der Waals surface area contributed by atoms with Gasteiger partial charge in [-0.25, -0.2) is 14.1 Å². The Morgan fingerprint density at radius 1 is 1.22 bits per heavy atom. The van der Waals surface area contributed by atoms with Gasteiger partial charge < -0.3 is 10.1 Å². The Morgan fingerprint density at radius 2 is 1.96 bits per heavy atom. The monoisotopic (exact) mass is 389 g/mol. The van der Waals surface area contributed by atoms with Crippen LogP contribution in [0.5, 0.6) is 0 Å². The number of esters is 1. The van der Waals surface area contributed by atoms with Crippen LogP contribution in [0.4, 0.5) is 10.1 Å². The number of hydrogen-bond donors (Lipinski definition) is 1. The molecule has 2 N–H and O–H groups in total. The highest BCUT2D eigenvalue weighted by molar-refractivity contribution is 7.10. The number of carbonyl (C=O) groups is 3. The minimum absolute atomic E-state index is 0.0842. The van der Waals surface area contributed by atoms with Crippen LogP contribution in [0.25, 0.3) is 0 Å². The van der Waals surface area contributed by atoms with Crippen LogP contribution in [0.3, 0.4) is 0 Å². The van der Waals surface area contributed by atoms with Crippen LogP contribution in [-0.2, 0) is 19.1 Å². The van der Waals surface area contributed by atoms with Gasteiger partial charge in [-0.05, 0) is 23.6 Å². The van der Waals surface area contributed by atoms with E-state index in [0.29, 0.717) is 0 Å². The summed E-state index contributed by atoms with van der Waals surface area (Å²) in [6.45, 7) is 1.61. The number of carbonyl (C=O) groups excluding carboxylic acids is 3. The molecule has 0 bridgehead atoms. The summed E-state index contributed by atoms with van der Waals surface area (Å²) in [5.74, 6) is -3.98. The highest BCUT2D eigenvalue weighted by Crippen LogP contribution is 2.46. The first-order valence-corrected chi connectivity index (χ1v) is 9.38. The molecule has 2 aromatic rings. The molecule has 0 radical (unpaired) electrons. The number of quaternary nitrogens is 1. The van der Waals surface area contributed by atoms with Crippen LogP contribution >= 0.6 is 11.3 Å². The van der Waals surface area contributed by atoms with Gasteiger partial charge in [0.15, 0.2) is 0 Å². The van der Waals surface area contributed by atoms with Gasteiger partial charge in [-0.2, -0.15) is 0 Å². The molecule has 27 heavy (non-hydrogen) atoms. The van der Waals surface area contributed by atoms with Crippen molar-refractivity contribution in [3.63, 3.8) is 0 Å². The molecule has 140 valence electrons. The molecule has 2 amide bonds. The Balaban J connectivity index is 1.84. The first-order chi connectivity index (χ1) is 12.9. The largest absolute Gasteiger partial charge is 0.464 e. The molecule has 3 heterocycles. The van der Waals surface area contributed by atoms with E-state index in [-0.39, 0.29) is 5.69 Å². The summed E-state index contributed by atoms with van der Waals surface area (Å²) < 4.78 is 19.2. The number of para-hydroxylation sites is 1. The lowest BCUT2D eigenvalue weighted by Crippen LogP contribution is -2.97. The van der Waals surface area contributed by atoms with Crippen LogP contribution in [0, 0.1) is 17.7 Å². The fourth-order valence-electron chi connectivity index (χ4n) is 4.29. The second-order valence-electron chi connectivity index (χ2n) is 6.95. The van der Waals surface area contributed by atoms with Crippen LogP contribution in [0.15, 0.2) is 41.8 Å². The fourth-order valence-corrected chi connectivity index (χ4v) is 5.13. The molecule has 0 saturated carbocycles. The zero-order chi connectivity index (χ0) is 19.3. The summed E-state index contributed by atoms with van der Waals surface area (Å²) in [7, 11) is 1.25. The van der Waals surface area contributed by atoms with Crippen LogP contribution in [0.1, 0.15) is 17.8 Å². The summed E-state index contributed by atoms with van der Waals surface area (Å²) in [4.78, 5) is 40.8. The molecular formula is C19H18FN2O4S+. The van der Waals surface area contributed by atoms with E-state index in [4.69, 9.17) is 4.74 Å². The van der Waals surface area contributed by atoms with Gasteiger partial charge in [-0.15, -0.1) is 11.3 Å². The van der Waals surface area contributed by atoms with Gasteiger partial charge in [0.1, 0.15) is 23.7 Å². The molecule has 0 aliphatic carbocycles. The van der Waals surface area contributed by atoms with E-state index in [9.17, 15) is 18.8 Å². The van der Waals surface area contributed by atoms with Gasteiger partial charge in [0.25, 0.3) is 0 Å². The Bertz CT molecular complexity index is 932. The topological polar surface area (TPSA) is 80.3 Å². The molecule has 4 rings (SSSR count). The van der Waals surface area contributed by atoms with Gasteiger partial charge >= 0.3 is 5.97 Å². The molecule has 2 aliphatic heterocycles. The number of nitrogens with two attached hydrogens (primary N) is 1. The van der Waals surface area contributed by atoms with Crippen molar-refractivity contribution in [1.82, 2.24) is 0 Å². The van der Waals surface area contributed by atoms with E-state index in [1.165, 1.54) is 36.6 Å². The van der Waals surface area contributed by atoms with Gasteiger partial charge in [-0.1, -0.05) is 18.2 Å². The molecule has 8 heteroatoms. The van der Waals surface area contributed by atoms with Gasteiger partial charge in [0.2, 0.25) is 17.4 Å². The lowest BCUT2D eigenvalue weighted by Gasteiger charge is -2.25. The molecule has 1 aromatic carbocycles. The molecule has 2 saturated heterocycles. The van der Waals surface area contributed by atoms with Crippen molar-refractivity contribution in [3.8, 4) is 0 Å². The lowest BCUT2D eigenvalue weighted by atomic mass is 9.81. The zero-order valence-corrected chi connectivity index (χ0v) is 15.5. The zero-order valence-electron chi connectivity index (χ0n) is 14.7. The summed E-state index contributed by atoms with van der Waals surface area (Å²) in [6, 6.07) is 8.97. The SMILES string of the molecule is COC(=O)[C@@]1(C)[NH2+][C@@H](c2cccs2)[C@H]2C(=O)N(c3ccccc3F)C(=O)[C@H]21. The summed E-state index contributed by atoms with van der Waals surface area (Å²) in [5.41, 5.74) is -1.35. The number of imide groups is 1. The van der Waals surface area contributed by atoms with Crippen LogP contribution < -0.4 is 10.2 Å². The Hall–Kier alpha value is -2.58. The van der Waals surface area contributed by atoms with E-state index in [1.54, 1.807) is 18.3 Å². The van der Waals surface area contributed by atoms with Gasteiger partial charge in [0, 0.05) is 6.92 Å². The maximum Gasteiger partial charge on any atom is 0.368 e. The van der Waals surface area contributed by atoms with Crippen LogP contribution in [0.2, 0.25) is 0 Å². The van der Waals surface area contributed by atoms with E-state index in [2.05, 4.69) is 0 Å². The molecule has 6 nitrogen and oxygen atoms in total. The number of rotatable bonds is 3. The number of fused-ring (bicyclic) bond motifs is 1. The Labute approximate surface area is 158 Å². The van der Waals surface area contributed by atoms with Crippen molar-refractivity contribution >= 4 is 34.8 Å². The molecule has 4 atom stereocenters. The van der Waals surface area contributed by atoms with Gasteiger partial charge in [-0.3, -0.25) is 9.59 Å². The third-order valence-corrected chi connectivity index (χ3v) is 6.47. The molecule has 1 aromatic heterocycles.